The third-order valence-corrected chi connectivity index (χ3v) is 6.11. The number of hydrogen-bond donors (Lipinski definition) is 2. The van der Waals surface area contributed by atoms with Crippen LogP contribution in [-0.2, 0) is 0 Å². The summed E-state index contributed by atoms with van der Waals surface area (Å²) >= 11 is 12.5. The van der Waals surface area contributed by atoms with Crippen LogP contribution >= 0.6 is 23.2 Å². The van der Waals surface area contributed by atoms with Crippen molar-refractivity contribution in [3.63, 3.8) is 0 Å². The molecular formula is C25H23Cl2N5O3. The maximum Gasteiger partial charge on any atom is 0.274 e. The first-order valence-corrected chi connectivity index (χ1v) is 11.9. The highest BCUT2D eigenvalue weighted by Gasteiger charge is 2.23. The van der Waals surface area contributed by atoms with Gasteiger partial charge in [-0.1, -0.05) is 48.4 Å². The number of rotatable bonds is 7. The van der Waals surface area contributed by atoms with Crippen molar-refractivity contribution in [3.8, 4) is 24.0 Å². The van der Waals surface area contributed by atoms with Crippen molar-refractivity contribution >= 4 is 40.7 Å². The van der Waals surface area contributed by atoms with Gasteiger partial charge in [0.2, 0.25) is 5.88 Å². The topological polar surface area (TPSA) is 98.1 Å². The molecule has 0 aliphatic heterocycles. The maximum absolute atomic E-state index is 13.4. The van der Waals surface area contributed by atoms with E-state index in [0.29, 0.717) is 10.7 Å². The summed E-state index contributed by atoms with van der Waals surface area (Å²) in [5, 5.41) is 10.8. The smallest absolute Gasteiger partial charge is 0.274 e. The molecule has 180 valence electrons. The van der Waals surface area contributed by atoms with Gasteiger partial charge in [0, 0.05) is 23.3 Å². The number of terminal acetylenes is 1. The molecule has 35 heavy (non-hydrogen) atoms. The predicted molar refractivity (Wildman–Crippen MR) is 134 cm³/mol. The van der Waals surface area contributed by atoms with Crippen LogP contribution in [0.4, 0.5) is 5.69 Å². The van der Waals surface area contributed by atoms with Gasteiger partial charge in [0.05, 0.1) is 16.3 Å². The zero-order chi connectivity index (χ0) is 24.8. The molecule has 2 amide bonds. The number of aromatic nitrogens is 3. The van der Waals surface area contributed by atoms with E-state index in [-0.39, 0.29) is 46.5 Å². The lowest BCUT2D eigenvalue weighted by Crippen LogP contribution is -2.36. The lowest BCUT2D eigenvalue weighted by molar-refractivity contribution is 0.0928. The number of anilines is 1. The second kappa shape index (κ2) is 11.3. The largest absolute Gasteiger partial charge is 0.463 e. The van der Waals surface area contributed by atoms with Crippen molar-refractivity contribution in [3.05, 3.63) is 63.9 Å². The Bertz CT molecular complexity index is 1280. The fourth-order valence-corrected chi connectivity index (χ4v) is 4.29. The summed E-state index contributed by atoms with van der Waals surface area (Å²) in [5.41, 5.74) is 0.659. The Morgan fingerprint density at radius 1 is 1.14 bits per heavy atom. The molecule has 0 bridgehead atoms. The van der Waals surface area contributed by atoms with E-state index in [9.17, 15) is 9.59 Å². The summed E-state index contributed by atoms with van der Waals surface area (Å²) < 4.78 is 6.67. The number of ether oxygens (including phenoxy) is 1. The van der Waals surface area contributed by atoms with Crippen LogP contribution in [0.1, 0.15) is 53.0 Å². The van der Waals surface area contributed by atoms with Gasteiger partial charge < -0.3 is 15.4 Å². The van der Waals surface area contributed by atoms with Gasteiger partial charge >= 0.3 is 0 Å². The number of benzene rings is 1. The third-order valence-electron chi connectivity index (χ3n) is 5.58. The fourth-order valence-electron chi connectivity index (χ4n) is 3.91. The zero-order valence-electron chi connectivity index (χ0n) is 18.8. The van der Waals surface area contributed by atoms with Gasteiger partial charge in [-0.3, -0.25) is 9.59 Å². The number of carbonyl (C=O) groups is 2. The number of carbonyl (C=O) groups excluding carboxylic acids is 2. The molecule has 1 fully saturated rings. The van der Waals surface area contributed by atoms with Crippen LogP contribution in [0.25, 0.3) is 5.82 Å². The summed E-state index contributed by atoms with van der Waals surface area (Å²) in [7, 11) is 0. The quantitative estimate of drug-likeness (QED) is 0.439. The van der Waals surface area contributed by atoms with E-state index in [2.05, 4.69) is 26.6 Å². The van der Waals surface area contributed by atoms with Gasteiger partial charge in [-0.05, 0) is 43.2 Å². The minimum Gasteiger partial charge on any atom is -0.463 e. The van der Waals surface area contributed by atoms with E-state index < -0.39 is 5.91 Å². The van der Waals surface area contributed by atoms with Crippen LogP contribution in [0, 0.1) is 12.3 Å². The molecule has 0 unspecified atom stereocenters. The van der Waals surface area contributed by atoms with Crippen molar-refractivity contribution in [1.82, 2.24) is 20.1 Å². The van der Waals surface area contributed by atoms with Gasteiger partial charge in [0.1, 0.15) is 5.69 Å². The van der Waals surface area contributed by atoms with E-state index in [1.54, 1.807) is 24.3 Å². The van der Waals surface area contributed by atoms with Crippen molar-refractivity contribution in [2.45, 2.75) is 38.1 Å². The average molecular weight is 512 g/mol. The molecule has 3 aromatic rings. The molecule has 2 N–H and O–H groups in total. The number of amides is 2. The second-order valence-electron chi connectivity index (χ2n) is 8.03. The van der Waals surface area contributed by atoms with E-state index in [4.69, 9.17) is 34.4 Å². The van der Waals surface area contributed by atoms with Crippen LogP contribution in [0.2, 0.25) is 10.0 Å². The summed E-state index contributed by atoms with van der Waals surface area (Å²) in [4.78, 5) is 30.6. The first kappa shape index (κ1) is 24.6. The first-order chi connectivity index (χ1) is 17.0. The lowest BCUT2D eigenvalue weighted by atomic mass is 9.95. The highest BCUT2D eigenvalue weighted by atomic mass is 35.5. The Hall–Kier alpha value is -3.54. The maximum atomic E-state index is 13.4. The minimum atomic E-state index is -0.552. The summed E-state index contributed by atoms with van der Waals surface area (Å²) in [5.74, 6) is 1.87. The Kier molecular flexibility index (Phi) is 7.91. The molecule has 0 atom stereocenters. The monoisotopic (exact) mass is 511 g/mol. The van der Waals surface area contributed by atoms with Crippen molar-refractivity contribution in [2.24, 2.45) is 0 Å². The second-order valence-corrected chi connectivity index (χ2v) is 8.88. The standard InChI is InChI=1S/C25H23Cl2N5O3/c1-2-13-35-22-15-21(32(31-22)23-19(27)9-6-12-28-23)25(34)30-20-11-10-16(26)14-18(20)24(33)29-17-7-4-3-5-8-17/h1,6,9-12,14-15,17H,3-5,7-8,13H2,(H,29,33)(H,30,34). The number of nitrogens with one attached hydrogen (secondary N) is 2. The molecule has 2 aromatic heterocycles. The SMILES string of the molecule is C#CCOc1cc(C(=O)Nc2ccc(Cl)cc2C(=O)NC2CCCCC2)n(-c2ncccc2Cl)n1. The Morgan fingerprint density at radius 2 is 1.94 bits per heavy atom. The Balaban J connectivity index is 1.63. The van der Waals surface area contributed by atoms with Crippen LogP contribution in [0.5, 0.6) is 5.88 Å². The van der Waals surface area contributed by atoms with Gasteiger partial charge in [-0.2, -0.15) is 0 Å². The van der Waals surface area contributed by atoms with Crippen molar-refractivity contribution in [1.29, 1.82) is 0 Å². The summed E-state index contributed by atoms with van der Waals surface area (Å²) in [6, 6.07) is 9.53. The molecule has 8 nitrogen and oxygen atoms in total. The van der Waals surface area contributed by atoms with E-state index in [0.717, 1.165) is 25.7 Å². The van der Waals surface area contributed by atoms with E-state index >= 15 is 0 Å². The molecule has 1 aliphatic rings. The molecule has 10 heteroatoms. The molecule has 4 rings (SSSR count). The normalized spacial score (nSPS) is 13.6. The highest BCUT2D eigenvalue weighted by Crippen LogP contribution is 2.26. The third kappa shape index (κ3) is 5.94. The summed E-state index contributed by atoms with van der Waals surface area (Å²) in [6.07, 6.45) is 12.0. The average Bonchev–Trinajstić information content (AvgIpc) is 3.29. The number of hydrogen-bond acceptors (Lipinski definition) is 5. The van der Waals surface area contributed by atoms with Crippen LogP contribution in [-0.4, -0.2) is 39.2 Å². The fraction of sp³-hybridized carbons (Fsp3) is 0.280. The molecule has 1 aromatic carbocycles. The molecule has 1 aliphatic carbocycles. The van der Waals surface area contributed by atoms with E-state index in [1.165, 1.54) is 29.4 Å². The molecule has 1 saturated carbocycles. The molecule has 2 heterocycles. The van der Waals surface area contributed by atoms with Crippen LogP contribution in [0.3, 0.4) is 0 Å². The number of halogens is 2. The summed E-state index contributed by atoms with van der Waals surface area (Å²) in [6.45, 7) is -0.0311. The minimum absolute atomic E-state index is 0.0311. The number of nitrogens with zero attached hydrogens (tertiary/aromatic N) is 3. The molecule has 0 saturated heterocycles. The molecule has 0 spiro atoms. The van der Waals surface area contributed by atoms with Gasteiger partial charge in [0.15, 0.2) is 12.4 Å². The number of pyridine rings is 1. The van der Waals surface area contributed by atoms with Gasteiger partial charge in [-0.15, -0.1) is 11.5 Å². The zero-order valence-corrected chi connectivity index (χ0v) is 20.3. The lowest BCUT2D eigenvalue weighted by Gasteiger charge is -2.23. The van der Waals surface area contributed by atoms with Crippen molar-refractivity contribution < 1.29 is 14.3 Å². The first-order valence-electron chi connectivity index (χ1n) is 11.1. The Morgan fingerprint density at radius 3 is 2.69 bits per heavy atom. The van der Waals surface area contributed by atoms with Crippen molar-refractivity contribution in [2.75, 3.05) is 11.9 Å². The van der Waals surface area contributed by atoms with E-state index in [1.807, 2.05) is 0 Å². The molecular weight excluding hydrogens is 489 g/mol. The predicted octanol–water partition coefficient (Wildman–Crippen LogP) is 4.90. The van der Waals surface area contributed by atoms with Crippen LogP contribution in [0.15, 0.2) is 42.6 Å². The van der Waals surface area contributed by atoms with Crippen LogP contribution < -0.4 is 15.4 Å². The molecule has 0 radical (unpaired) electrons. The van der Waals surface area contributed by atoms with Gasteiger partial charge in [0.25, 0.3) is 11.8 Å². The van der Waals surface area contributed by atoms with Gasteiger partial charge in [-0.25, -0.2) is 9.67 Å². The highest BCUT2D eigenvalue weighted by molar-refractivity contribution is 6.32. The Labute approximate surface area is 213 Å².